The molecule has 0 atom stereocenters. The number of anilines is 2. The summed E-state index contributed by atoms with van der Waals surface area (Å²) in [6.45, 7) is 5.95. The van der Waals surface area contributed by atoms with E-state index in [4.69, 9.17) is 21.1 Å². The maximum Gasteiger partial charge on any atom is 0.238 e. The highest BCUT2D eigenvalue weighted by Gasteiger charge is 2.12. The van der Waals surface area contributed by atoms with Crippen molar-refractivity contribution in [1.29, 1.82) is 0 Å². The Labute approximate surface area is 208 Å². The van der Waals surface area contributed by atoms with E-state index in [-0.39, 0.29) is 0 Å². The Morgan fingerprint density at radius 3 is 2.66 bits per heavy atom. The zero-order valence-electron chi connectivity index (χ0n) is 19.4. The van der Waals surface area contributed by atoms with Gasteiger partial charge < -0.3 is 19.7 Å². The molecule has 0 amide bonds. The lowest BCUT2D eigenvalue weighted by atomic mass is 10.2. The van der Waals surface area contributed by atoms with Crippen molar-refractivity contribution >= 4 is 34.1 Å². The lowest BCUT2D eigenvalue weighted by Gasteiger charge is -2.14. The molecule has 0 radical (unpaired) electrons. The van der Waals surface area contributed by atoms with Crippen molar-refractivity contribution in [3.8, 4) is 17.4 Å². The van der Waals surface area contributed by atoms with E-state index in [0.29, 0.717) is 40.6 Å². The summed E-state index contributed by atoms with van der Waals surface area (Å²) in [6, 6.07) is 7.22. The van der Waals surface area contributed by atoms with Gasteiger partial charge in [0.2, 0.25) is 5.88 Å². The molecule has 1 aromatic carbocycles. The zero-order valence-corrected chi connectivity index (χ0v) is 20.2. The molecule has 0 spiro atoms. The monoisotopic (exact) mass is 491 g/mol. The number of hydrogen-bond acceptors (Lipinski definition) is 9. The number of rotatable bonds is 9. The van der Waals surface area contributed by atoms with Gasteiger partial charge in [-0.05, 0) is 57.5 Å². The molecule has 0 saturated carbocycles. The summed E-state index contributed by atoms with van der Waals surface area (Å²) in [5.41, 5.74) is 1.59. The van der Waals surface area contributed by atoms with Crippen LogP contribution in [0.3, 0.4) is 0 Å². The second kappa shape index (κ2) is 10.8. The molecule has 4 aromatic rings. The van der Waals surface area contributed by atoms with Crippen LogP contribution in [-0.4, -0.2) is 56.1 Å². The number of hydrogen-bond donors (Lipinski definition) is 1. The van der Waals surface area contributed by atoms with Gasteiger partial charge in [-0.15, -0.1) is 0 Å². The minimum atomic E-state index is 0.297. The molecule has 0 aliphatic carbocycles. The highest BCUT2D eigenvalue weighted by molar-refractivity contribution is 6.32. The topological polar surface area (TPSA) is 98.2 Å². The van der Waals surface area contributed by atoms with E-state index in [1.165, 1.54) is 32.3 Å². The minimum Gasteiger partial charge on any atom is -0.492 e. The maximum absolute atomic E-state index is 6.44. The fourth-order valence-electron chi connectivity index (χ4n) is 3.94. The number of likely N-dealkylation sites (tertiary alicyclic amines) is 1. The lowest BCUT2D eigenvalue weighted by Crippen LogP contribution is -2.21. The second-order valence-corrected chi connectivity index (χ2v) is 8.79. The van der Waals surface area contributed by atoms with E-state index in [2.05, 4.69) is 35.1 Å². The molecule has 1 saturated heterocycles. The molecule has 1 aliphatic rings. The summed E-state index contributed by atoms with van der Waals surface area (Å²) >= 11 is 6.44. The van der Waals surface area contributed by atoms with Crippen LogP contribution in [0, 0.1) is 6.92 Å². The van der Waals surface area contributed by atoms with Gasteiger partial charge in [0.1, 0.15) is 34.5 Å². The molecule has 1 N–H and O–H groups in total. The second-order valence-electron chi connectivity index (χ2n) is 8.38. The van der Waals surface area contributed by atoms with Crippen molar-refractivity contribution in [2.45, 2.75) is 26.2 Å². The number of nitrogens with one attached hydrogen (secondary N) is 1. The van der Waals surface area contributed by atoms with Gasteiger partial charge >= 0.3 is 0 Å². The molecular formula is C25H26ClN7O2. The third kappa shape index (κ3) is 5.93. The summed E-state index contributed by atoms with van der Waals surface area (Å²) in [6.07, 6.45) is 10.0. The van der Waals surface area contributed by atoms with Crippen LogP contribution in [0.1, 0.15) is 25.0 Å². The molecule has 0 unspecified atom stereocenters. The normalized spacial score (nSPS) is 13.8. The molecule has 4 heterocycles. The molecule has 1 fully saturated rings. The zero-order chi connectivity index (χ0) is 24.0. The number of fused-ring (bicyclic) bond motifs is 1. The first kappa shape index (κ1) is 23.2. The average Bonchev–Trinajstić information content (AvgIpc) is 3.39. The van der Waals surface area contributed by atoms with E-state index in [0.717, 1.165) is 29.6 Å². The minimum absolute atomic E-state index is 0.297. The number of ether oxygens (including phenoxy) is 2. The van der Waals surface area contributed by atoms with Crippen molar-refractivity contribution in [2.24, 2.45) is 0 Å². The van der Waals surface area contributed by atoms with Gasteiger partial charge in [0.25, 0.3) is 0 Å². The van der Waals surface area contributed by atoms with Crippen LogP contribution in [0.25, 0.3) is 10.9 Å². The van der Waals surface area contributed by atoms with Crippen LogP contribution in [-0.2, 0) is 0 Å². The van der Waals surface area contributed by atoms with Crippen LogP contribution in [0.15, 0.2) is 49.2 Å². The van der Waals surface area contributed by atoms with Crippen molar-refractivity contribution in [3.05, 3.63) is 59.9 Å². The number of pyridine rings is 1. The van der Waals surface area contributed by atoms with Crippen LogP contribution in [0.5, 0.6) is 17.4 Å². The number of aryl methyl sites for hydroxylation is 1. The molecular weight excluding hydrogens is 466 g/mol. The standard InChI is InChI=1S/C25H26ClN7O2/c1-17-13-28-23(15-27-17)32-24-20-11-18(5-6-22(20)30-16-31-24)35-25-21(26)12-19(14-29-25)34-10-4-9-33-7-2-3-8-33/h5-6,11-16H,2-4,7-10H2,1H3,(H,28,30,31,32). The highest BCUT2D eigenvalue weighted by atomic mass is 35.5. The third-order valence-electron chi connectivity index (χ3n) is 5.72. The van der Waals surface area contributed by atoms with E-state index in [9.17, 15) is 0 Å². The maximum atomic E-state index is 6.44. The van der Waals surface area contributed by atoms with Gasteiger partial charge in [-0.3, -0.25) is 4.98 Å². The van der Waals surface area contributed by atoms with Crippen LogP contribution >= 0.6 is 11.6 Å². The first-order chi connectivity index (χ1) is 17.1. The largest absolute Gasteiger partial charge is 0.492 e. The van der Waals surface area contributed by atoms with E-state index in [1.807, 2.05) is 25.1 Å². The first-order valence-electron chi connectivity index (χ1n) is 11.6. The van der Waals surface area contributed by atoms with Gasteiger partial charge in [-0.1, -0.05) is 11.6 Å². The number of nitrogens with zero attached hydrogens (tertiary/aromatic N) is 6. The summed E-state index contributed by atoms with van der Waals surface area (Å²) in [5, 5.41) is 4.32. The molecule has 3 aromatic heterocycles. The Balaban J connectivity index is 1.25. The van der Waals surface area contributed by atoms with Gasteiger partial charge in [0.15, 0.2) is 0 Å². The van der Waals surface area contributed by atoms with Crippen molar-refractivity contribution in [1.82, 2.24) is 29.8 Å². The summed E-state index contributed by atoms with van der Waals surface area (Å²) in [5.74, 6) is 2.66. The van der Waals surface area contributed by atoms with Gasteiger partial charge in [0, 0.05) is 18.0 Å². The van der Waals surface area contributed by atoms with E-state index < -0.39 is 0 Å². The van der Waals surface area contributed by atoms with Gasteiger partial charge in [0.05, 0.1) is 36.4 Å². The molecule has 180 valence electrons. The Morgan fingerprint density at radius 2 is 1.86 bits per heavy atom. The van der Waals surface area contributed by atoms with Crippen LogP contribution < -0.4 is 14.8 Å². The molecule has 9 nitrogen and oxygen atoms in total. The Morgan fingerprint density at radius 1 is 0.971 bits per heavy atom. The summed E-state index contributed by atoms with van der Waals surface area (Å²) in [4.78, 5) is 24.1. The van der Waals surface area contributed by atoms with Crippen molar-refractivity contribution in [3.63, 3.8) is 0 Å². The third-order valence-corrected chi connectivity index (χ3v) is 5.99. The van der Waals surface area contributed by atoms with E-state index in [1.54, 1.807) is 24.7 Å². The SMILES string of the molecule is Cc1cnc(Nc2ncnc3ccc(Oc4ncc(OCCCN5CCCC5)cc4Cl)cc23)cn1. The number of aromatic nitrogens is 5. The van der Waals surface area contributed by atoms with Crippen molar-refractivity contribution in [2.75, 3.05) is 31.6 Å². The number of halogens is 1. The first-order valence-corrected chi connectivity index (χ1v) is 12.0. The predicted octanol–water partition coefficient (Wildman–Crippen LogP) is 5.18. The fourth-order valence-corrected chi connectivity index (χ4v) is 4.13. The van der Waals surface area contributed by atoms with E-state index >= 15 is 0 Å². The summed E-state index contributed by atoms with van der Waals surface area (Å²) < 4.78 is 11.8. The Kier molecular flexibility index (Phi) is 7.15. The molecule has 35 heavy (non-hydrogen) atoms. The Bertz CT molecular complexity index is 1300. The van der Waals surface area contributed by atoms with Crippen LogP contribution in [0.2, 0.25) is 5.02 Å². The van der Waals surface area contributed by atoms with Crippen molar-refractivity contribution < 1.29 is 9.47 Å². The summed E-state index contributed by atoms with van der Waals surface area (Å²) in [7, 11) is 0. The quantitative estimate of drug-likeness (QED) is 0.317. The smallest absolute Gasteiger partial charge is 0.238 e. The molecule has 0 bridgehead atoms. The number of benzene rings is 1. The van der Waals surface area contributed by atoms with Gasteiger partial charge in [-0.2, -0.15) is 0 Å². The molecule has 5 rings (SSSR count). The average molecular weight is 492 g/mol. The predicted molar refractivity (Wildman–Crippen MR) is 135 cm³/mol. The molecule has 1 aliphatic heterocycles. The molecule has 10 heteroatoms. The lowest BCUT2D eigenvalue weighted by molar-refractivity contribution is 0.262. The van der Waals surface area contributed by atoms with Crippen LogP contribution in [0.4, 0.5) is 11.6 Å². The Hall–Kier alpha value is -3.56. The fraction of sp³-hybridized carbons (Fsp3) is 0.320. The highest BCUT2D eigenvalue weighted by Crippen LogP contribution is 2.32. The van der Waals surface area contributed by atoms with Gasteiger partial charge in [-0.25, -0.2) is 19.9 Å².